The molecule has 1 heterocycles. The van der Waals surface area contributed by atoms with Crippen molar-refractivity contribution >= 4 is 0 Å². The SMILES string of the molecule is NCC(c1cccnc1)N(CCO)C1CC1. The molecule has 1 aromatic heterocycles. The third kappa shape index (κ3) is 2.58. The van der Waals surface area contributed by atoms with Crippen molar-refractivity contribution in [2.45, 2.75) is 24.9 Å². The van der Waals surface area contributed by atoms with E-state index in [9.17, 15) is 0 Å². The molecule has 4 nitrogen and oxygen atoms in total. The quantitative estimate of drug-likeness (QED) is 0.736. The number of rotatable bonds is 6. The van der Waals surface area contributed by atoms with Gasteiger partial charge in [0.2, 0.25) is 0 Å². The van der Waals surface area contributed by atoms with Crippen molar-refractivity contribution in [2.24, 2.45) is 5.73 Å². The normalized spacial score (nSPS) is 17.7. The van der Waals surface area contributed by atoms with Gasteiger partial charge in [0, 0.05) is 37.6 Å². The molecule has 0 aliphatic heterocycles. The molecule has 1 aliphatic rings. The van der Waals surface area contributed by atoms with E-state index >= 15 is 0 Å². The Morgan fingerprint density at radius 2 is 2.38 bits per heavy atom. The van der Waals surface area contributed by atoms with Gasteiger partial charge in [0.05, 0.1) is 6.61 Å². The van der Waals surface area contributed by atoms with Gasteiger partial charge in [-0.15, -0.1) is 0 Å². The molecule has 0 radical (unpaired) electrons. The molecule has 88 valence electrons. The highest BCUT2D eigenvalue weighted by Gasteiger charge is 2.33. The molecule has 1 aromatic rings. The minimum Gasteiger partial charge on any atom is -0.395 e. The fourth-order valence-electron chi connectivity index (χ4n) is 2.15. The van der Waals surface area contributed by atoms with Crippen molar-refractivity contribution in [3.63, 3.8) is 0 Å². The number of hydrogen-bond acceptors (Lipinski definition) is 4. The Morgan fingerprint density at radius 3 is 2.88 bits per heavy atom. The summed E-state index contributed by atoms with van der Waals surface area (Å²) in [5, 5.41) is 9.11. The molecule has 1 atom stereocenters. The van der Waals surface area contributed by atoms with Gasteiger partial charge in [-0.1, -0.05) is 6.07 Å². The number of aromatic nitrogens is 1. The van der Waals surface area contributed by atoms with Crippen LogP contribution in [0, 0.1) is 0 Å². The average molecular weight is 221 g/mol. The molecule has 0 bridgehead atoms. The van der Waals surface area contributed by atoms with Crippen LogP contribution in [0.25, 0.3) is 0 Å². The summed E-state index contributed by atoms with van der Waals surface area (Å²) in [5.74, 6) is 0. The van der Waals surface area contributed by atoms with E-state index in [-0.39, 0.29) is 12.6 Å². The lowest BCUT2D eigenvalue weighted by atomic mass is 10.1. The molecule has 1 unspecified atom stereocenters. The van der Waals surface area contributed by atoms with E-state index < -0.39 is 0 Å². The fraction of sp³-hybridized carbons (Fsp3) is 0.583. The Bertz CT molecular complexity index is 313. The fourth-order valence-corrected chi connectivity index (χ4v) is 2.15. The number of nitrogens with two attached hydrogens (primary N) is 1. The molecule has 0 spiro atoms. The van der Waals surface area contributed by atoms with Crippen molar-refractivity contribution in [3.05, 3.63) is 30.1 Å². The van der Waals surface area contributed by atoms with Gasteiger partial charge in [0.1, 0.15) is 0 Å². The Kier molecular flexibility index (Phi) is 3.88. The average Bonchev–Trinajstić information content (AvgIpc) is 3.14. The van der Waals surface area contributed by atoms with E-state index in [2.05, 4.69) is 16.0 Å². The summed E-state index contributed by atoms with van der Waals surface area (Å²) in [7, 11) is 0. The molecule has 0 saturated heterocycles. The first-order chi connectivity index (χ1) is 7.86. The minimum absolute atomic E-state index is 0.188. The molecule has 1 saturated carbocycles. The third-order valence-electron chi connectivity index (χ3n) is 3.07. The van der Waals surface area contributed by atoms with Gasteiger partial charge in [0.15, 0.2) is 0 Å². The Morgan fingerprint density at radius 1 is 1.56 bits per heavy atom. The summed E-state index contributed by atoms with van der Waals surface area (Å²) in [5.41, 5.74) is 6.99. The second-order valence-corrected chi connectivity index (χ2v) is 4.23. The smallest absolute Gasteiger partial charge is 0.0558 e. The number of pyridine rings is 1. The Hall–Kier alpha value is -0.970. The predicted octanol–water partition coefficient (Wildman–Crippen LogP) is 0.538. The summed E-state index contributed by atoms with van der Waals surface area (Å²) >= 11 is 0. The van der Waals surface area contributed by atoms with Crippen molar-refractivity contribution < 1.29 is 5.11 Å². The highest BCUT2D eigenvalue weighted by molar-refractivity contribution is 5.15. The lowest BCUT2D eigenvalue weighted by Crippen LogP contribution is -2.37. The van der Waals surface area contributed by atoms with E-state index in [1.807, 2.05) is 12.3 Å². The maximum atomic E-state index is 9.11. The van der Waals surface area contributed by atoms with Gasteiger partial charge >= 0.3 is 0 Å². The minimum atomic E-state index is 0.188. The molecule has 1 aliphatic carbocycles. The zero-order valence-electron chi connectivity index (χ0n) is 9.42. The van der Waals surface area contributed by atoms with Gasteiger partial charge in [-0.05, 0) is 24.5 Å². The maximum absolute atomic E-state index is 9.11. The molecule has 4 heteroatoms. The first kappa shape index (κ1) is 11.5. The third-order valence-corrected chi connectivity index (χ3v) is 3.07. The molecule has 0 aromatic carbocycles. The van der Waals surface area contributed by atoms with Gasteiger partial charge in [0.25, 0.3) is 0 Å². The van der Waals surface area contributed by atoms with Crippen LogP contribution >= 0.6 is 0 Å². The molecule has 2 rings (SSSR count). The monoisotopic (exact) mass is 221 g/mol. The summed E-state index contributed by atoms with van der Waals surface area (Å²) in [4.78, 5) is 6.43. The number of hydrogen-bond donors (Lipinski definition) is 2. The number of aliphatic hydroxyl groups is 1. The van der Waals surface area contributed by atoms with Crippen LogP contribution in [-0.2, 0) is 0 Å². The van der Waals surface area contributed by atoms with Crippen molar-refractivity contribution in [1.29, 1.82) is 0 Å². The topological polar surface area (TPSA) is 62.4 Å². The molecule has 1 fully saturated rings. The Labute approximate surface area is 96.1 Å². The second-order valence-electron chi connectivity index (χ2n) is 4.23. The highest BCUT2D eigenvalue weighted by atomic mass is 16.3. The van der Waals surface area contributed by atoms with Crippen LogP contribution in [-0.4, -0.2) is 40.7 Å². The van der Waals surface area contributed by atoms with Crippen LogP contribution < -0.4 is 5.73 Å². The maximum Gasteiger partial charge on any atom is 0.0558 e. The zero-order valence-corrected chi connectivity index (χ0v) is 9.42. The van der Waals surface area contributed by atoms with Crippen molar-refractivity contribution in [2.75, 3.05) is 19.7 Å². The zero-order chi connectivity index (χ0) is 11.4. The van der Waals surface area contributed by atoms with E-state index in [1.54, 1.807) is 6.20 Å². The number of aliphatic hydroxyl groups excluding tert-OH is 1. The van der Waals surface area contributed by atoms with Gasteiger partial charge in [-0.2, -0.15) is 0 Å². The summed E-state index contributed by atoms with van der Waals surface area (Å²) in [6.45, 7) is 1.46. The molecule has 16 heavy (non-hydrogen) atoms. The van der Waals surface area contributed by atoms with Gasteiger partial charge in [-0.25, -0.2) is 0 Å². The van der Waals surface area contributed by atoms with E-state index in [0.29, 0.717) is 19.1 Å². The first-order valence-electron chi connectivity index (χ1n) is 5.83. The summed E-state index contributed by atoms with van der Waals surface area (Å²) in [6.07, 6.45) is 6.07. The second kappa shape index (κ2) is 5.39. The van der Waals surface area contributed by atoms with E-state index in [1.165, 1.54) is 12.8 Å². The van der Waals surface area contributed by atoms with Crippen LogP contribution in [0.3, 0.4) is 0 Å². The Balaban J connectivity index is 2.13. The first-order valence-corrected chi connectivity index (χ1v) is 5.83. The lowest BCUT2D eigenvalue weighted by molar-refractivity contribution is 0.145. The largest absolute Gasteiger partial charge is 0.395 e. The van der Waals surface area contributed by atoms with Crippen molar-refractivity contribution in [1.82, 2.24) is 9.88 Å². The predicted molar refractivity (Wildman–Crippen MR) is 62.8 cm³/mol. The molecular formula is C12H19N3O. The summed E-state index contributed by atoms with van der Waals surface area (Å²) < 4.78 is 0. The van der Waals surface area contributed by atoms with Crippen LogP contribution in [0.1, 0.15) is 24.4 Å². The lowest BCUT2D eigenvalue weighted by Gasteiger charge is -2.30. The molecular weight excluding hydrogens is 202 g/mol. The van der Waals surface area contributed by atoms with Crippen LogP contribution in [0.2, 0.25) is 0 Å². The molecule has 0 amide bonds. The van der Waals surface area contributed by atoms with Gasteiger partial charge in [-0.3, -0.25) is 9.88 Å². The van der Waals surface area contributed by atoms with Crippen LogP contribution in [0.15, 0.2) is 24.5 Å². The highest BCUT2D eigenvalue weighted by Crippen LogP contribution is 2.33. The summed E-state index contributed by atoms with van der Waals surface area (Å²) in [6, 6.07) is 4.77. The van der Waals surface area contributed by atoms with E-state index in [0.717, 1.165) is 5.56 Å². The molecule has 3 N–H and O–H groups in total. The van der Waals surface area contributed by atoms with Crippen LogP contribution in [0.5, 0.6) is 0 Å². The number of nitrogens with zero attached hydrogens (tertiary/aromatic N) is 2. The van der Waals surface area contributed by atoms with E-state index in [4.69, 9.17) is 10.8 Å². The van der Waals surface area contributed by atoms with Gasteiger partial charge < -0.3 is 10.8 Å². The van der Waals surface area contributed by atoms with Crippen LogP contribution in [0.4, 0.5) is 0 Å². The standard InChI is InChI=1S/C12H19N3O/c13-8-12(10-2-1-5-14-9-10)15(6-7-16)11-3-4-11/h1-2,5,9,11-12,16H,3-4,6-8,13H2. The van der Waals surface area contributed by atoms with Crippen molar-refractivity contribution in [3.8, 4) is 0 Å².